The van der Waals surface area contributed by atoms with Crippen LogP contribution in [0.5, 0.6) is 5.75 Å². The summed E-state index contributed by atoms with van der Waals surface area (Å²) in [6.45, 7) is 5.45. The third-order valence-electron chi connectivity index (χ3n) is 5.35. The Bertz CT molecular complexity index is 995. The van der Waals surface area contributed by atoms with E-state index in [1.165, 1.54) is 0 Å². The van der Waals surface area contributed by atoms with Gasteiger partial charge < -0.3 is 19.2 Å². The third-order valence-corrected chi connectivity index (χ3v) is 5.35. The van der Waals surface area contributed by atoms with Crippen LogP contribution in [0.3, 0.4) is 0 Å². The number of amides is 1. The molecule has 7 heteroatoms. The van der Waals surface area contributed by atoms with E-state index >= 15 is 0 Å². The van der Waals surface area contributed by atoms with Gasteiger partial charge in [0.2, 0.25) is 0 Å². The lowest BCUT2D eigenvalue weighted by Gasteiger charge is -2.35. The minimum absolute atomic E-state index is 0.00207. The summed E-state index contributed by atoms with van der Waals surface area (Å²) in [6, 6.07) is 11.9. The topological polar surface area (TPSA) is 68.1 Å². The predicted octanol–water partition coefficient (Wildman–Crippen LogP) is 2.45. The molecule has 1 atom stereocenters. The number of carbonyl (C=O) groups is 1. The van der Waals surface area contributed by atoms with E-state index in [9.17, 15) is 4.79 Å². The molecule has 7 nitrogen and oxygen atoms in total. The molecule has 152 valence electrons. The Morgan fingerprint density at radius 2 is 2.03 bits per heavy atom. The number of nitrogens with one attached hydrogen (secondary N) is 1. The number of hydrogen-bond acceptors (Lipinski definition) is 5. The van der Waals surface area contributed by atoms with Gasteiger partial charge in [-0.05, 0) is 24.6 Å². The summed E-state index contributed by atoms with van der Waals surface area (Å²) in [6.07, 6.45) is 3.67. The second-order valence-electron chi connectivity index (χ2n) is 7.16. The molecule has 1 saturated heterocycles. The van der Waals surface area contributed by atoms with Gasteiger partial charge in [0.15, 0.2) is 0 Å². The van der Waals surface area contributed by atoms with Gasteiger partial charge in [-0.25, -0.2) is 4.98 Å². The number of para-hydroxylation sites is 1. The molecule has 0 spiro atoms. The number of aryl methyl sites for hydroxylation is 1. The number of aromatic nitrogens is 2. The van der Waals surface area contributed by atoms with Crippen molar-refractivity contribution in [3.63, 3.8) is 0 Å². The molecule has 4 rings (SSSR count). The van der Waals surface area contributed by atoms with Crippen molar-refractivity contribution in [1.82, 2.24) is 19.6 Å². The molecule has 0 radical (unpaired) electrons. The highest BCUT2D eigenvalue weighted by atomic mass is 16.5. The first-order valence-corrected chi connectivity index (χ1v) is 9.84. The molecule has 2 aromatic heterocycles. The maximum absolute atomic E-state index is 12.8. The van der Waals surface area contributed by atoms with Crippen molar-refractivity contribution in [3.8, 4) is 5.75 Å². The van der Waals surface area contributed by atoms with Crippen molar-refractivity contribution in [1.29, 1.82) is 0 Å². The largest absolute Gasteiger partial charge is 0.496 e. The number of benzene rings is 1. The Hall–Kier alpha value is -2.90. The van der Waals surface area contributed by atoms with Crippen LogP contribution in [0.1, 0.15) is 27.7 Å². The van der Waals surface area contributed by atoms with Crippen LogP contribution in [0.4, 0.5) is 0 Å². The van der Waals surface area contributed by atoms with E-state index < -0.39 is 0 Å². The highest BCUT2D eigenvalue weighted by Gasteiger charge is 2.26. The van der Waals surface area contributed by atoms with Crippen LogP contribution in [0.2, 0.25) is 0 Å². The van der Waals surface area contributed by atoms with Crippen molar-refractivity contribution in [3.05, 3.63) is 65.6 Å². The van der Waals surface area contributed by atoms with Crippen LogP contribution in [-0.2, 0) is 4.74 Å². The van der Waals surface area contributed by atoms with Crippen molar-refractivity contribution in [2.75, 3.05) is 40.0 Å². The summed E-state index contributed by atoms with van der Waals surface area (Å²) in [5.41, 5.74) is 3.31. The molecule has 3 heterocycles. The molecular weight excluding hydrogens is 368 g/mol. The fraction of sp³-hybridized carbons (Fsp3) is 0.364. The zero-order chi connectivity index (χ0) is 20.2. The lowest BCUT2D eigenvalue weighted by atomic mass is 10.0. The standard InChI is InChI=1S/C22H26N4O3/c1-16-6-5-9-26-15-18(24-21(16)26)22(27)23-14-19(25-10-12-29-13-11-25)17-7-3-4-8-20(17)28-2/h3-9,15,19H,10-14H2,1-2H3,(H,23,27). The van der Waals surface area contributed by atoms with Gasteiger partial charge in [0.1, 0.15) is 17.1 Å². The van der Waals surface area contributed by atoms with Gasteiger partial charge in [0, 0.05) is 37.6 Å². The van der Waals surface area contributed by atoms with Gasteiger partial charge in [-0.3, -0.25) is 9.69 Å². The van der Waals surface area contributed by atoms with E-state index in [-0.39, 0.29) is 11.9 Å². The van der Waals surface area contributed by atoms with Gasteiger partial charge in [-0.15, -0.1) is 0 Å². The lowest BCUT2D eigenvalue weighted by Crippen LogP contribution is -2.44. The van der Waals surface area contributed by atoms with E-state index in [0.717, 1.165) is 35.6 Å². The second-order valence-corrected chi connectivity index (χ2v) is 7.16. The molecule has 0 bridgehead atoms. The molecular formula is C22H26N4O3. The highest BCUT2D eigenvalue weighted by molar-refractivity contribution is 5.93. The average Bonchev–Trinajstić information content (AvgIpc) is 3.21. The number of imidazole rings is 1. The van der Waals surface area contributed by atoms with Gasteiger partial charge in [0.05, 0.1) is 26.4 Å². The van der Waals surface area contributed by atoms with Crippen molar-refractivity contribution in [2.45, 2.75) is 13.0 Å². The van der Waals surface area contributed by atoms with E-state index in [1.54, 1.807) is 13.3 Å². The minimum Gasteiger partial charge on any atom is -0.496 e. The van der Waals surface area contributed by atoms with Crippen molar-refractivity contribution in [2.24, 2.45) is 0 Å². The zero-order valence-electron chi connectivity index (χ0n) is 16.8. The predicted molar refractivity (Wildman–Crippen MR) is 110 cm³/mol. The van der Waals surface area contributed by atoms with Gasteiger partial charge in [0.25, 0.3) is 5.91 Å². The minimum atomic E-state index is -0.179. The van der Waals surface area contributed by atoms with E-state index in [4.69, 9.17) is 9.47 Å². The van der Waals surface area contributed by atoms with E-state index in [0.29, 0.717) is 25.5 Å². The second kappa shape index (κ2) is 8.63. The summed E-state index contributed by atoms with van der Waals surface area (Å²) in [5.74, 6) is 0.642. The third kappa shape index (κ3) is 4.11. The lowest BCUT2D eigenvalue weighted by molar-refractivity contribution is 0.0157. The van der Waals surface area contributed by atoms with Crippen LogP contribution in [0.25, 0.3) is 5.65 Å². The zero-order valence-corrected chi connectivity index (χ0v) is 16.8. The molecule has 1 amide bonds. The number of pyridine rings is 1. The molecule has 0 aliphatic carbocycles. The molecule has 1 fully saturated rings. The summed E-state index contributed by atoms with van der Waals surface area (Å²) in [7, 11) is 1.67. The maximum Gasteiger partial charge on any atom is 0.271 e. The van der Waals surface area contributed by atoms with Crippen molar-refractivity contribution < 1.29 is 14.3 Å². The maximum atomic E-state index is 12.8. The Kier molecular flexibility index (Phi) is 5.78. The van der Waals surface area contributed by atoms with Crippen LogP contribution in [0, 0.1) is 6.92 Å². The quantitative estimate of drug-likeness (QED) is 0.696. The SMILES string of the molecule is COc1ccccc1C(CNC(=O)c1cn2cccc(C)c2n1)N1CCOCC1. The monoisotopic (exact) mass is 394 g/mol. The first-order valence-electron chi connectivity index (χ1n) is 9.84. The number of carbonyl (C=O) groups excluding carboxylic acids is 1. The van der Waals surface area contributed by atoms with Crippen LogP contribution in [0.15, 0.2) is 48.8 Å². The summed E-state index contributed by atoms with van der Waals surface area (Å²) in [5, 5.41) is 3.07. The van der Waals surface area contributed by atoms with Crippen molar-refractivity contribution >= 4 is 11.6 Å². The smallest absolute Gasteiger partial charge is 0.271 e. The molecule has 1 aromatic carbocycles. The fourth-order valence-corrected chi connectivity index (χ4v) is 3.81. The molecule has 3 aromatic rings. The summed E-state index contributed by atoms with van der Waals surface area (Å²) >= 11 is 0. The first kappa shape index (κ1) is 19.4. The number of methoxy groups -OCH3 is 1. The average molecular weight is 394 g/mol. The van der Waals surface area contributed by atoms with Crippen LogP contribution < -0.4 is 10.1 Å². The van der Waals surface area contributed by atoms with Gasteiger partial charge in [-0.2, -0.15) is 0 Å². The van der Waals surface area contributed by atoms with E-state index in [1.807, 2.05) is 47.9 Å². The normalized spacial score (nSPS) is 15.9. The Labute approximate surface area is 170 Å². The highest BCUT2D eigenvalue weighted by Crippen LogP contribution is 2.29. The number of nitrogens with zero attached hydrogens (tertiary/aromatic N) is 3. The number of morpholine rings is 1. The Morgan fingerprint density at radius 3 is 2.79 bits per heavy atom. The molecule has 1 N–H and O–H groups in total. The Balaban J connectivity index is 1.55. The van der Waals surface area contributed by atoms with Crippen LogP contribution in [-0.4, -0.2) is 60.1 Å². The van der Waals surface area contributed by atoms with Gasteiger partial charge in [-0.1, -0.05) is 24.3 Å². The summed E-state index contributed by atoms with van der Waals surface area (Å²) < 4.78 is 13.0. The number of rotatable bonds is 6. The fourth-order valence-electron chi connectivity index (χ4n) is 3.81. The molecule has 1 aliphatic rings. The van der Waals surface area contributed by atoms with Crippen LogP contribution >= 0.6 is 0 Å². The molecule has 0 saturated carbocycles. The number of fused-ring (bicyclic) bond motifs is 1. The van der Waals surface area contributed by atoms with E-state index in [2.05, 4.69) is 21.3 Å². The Morgan fingerprint density at radius 1 is 1.24 bits per heavy atom. The first-order chi connectivity index (χ1) is 14.2. The summed E-state index contributed by atoms with van der Waals surface area (Å²) in [4.78, 5) is 19.7. The number of hydrogen-bond donors (Lipinski definition) is 1. The molecule has 1 aliphatic heterocycles. The van der Waals surface area contributed by atoms with Gasteiger partial charge >= 0.3 is 0 Å². The number of ether oxygens (including phenoxy) is 2. The molecule has 29 heavy (non-hydrogen) atoms. The molecule has 1 unspecified atom stereocenters.